The number of nitrogens with zero attached hydrogens (tertiary/aromatic N) is 1. The predicted octanol–water partition coefficient (Wildman–Crippen LogP) is 2.70. The van der Waals surface area contributed by atoms with E-state index in [2.05, 4.69) is 5.32 Å². The van der Waals surface area contributed by atoms with Gasteiger partial charge in [0.2, 0.25) is 22.7 Å². The Labute approximate surface area is 195 Å². The quantitative estimate of drug-likeness (QED) is 0.545. The lowest BCUT2D eigenvalue weighted by molar-refractivity contribution is -0.148. The van der Waals surface area contributed by atoms with Gasteiger partial charge in [0.25, 0.3) is 0 Å². The van der Waals surface area contributed by atoms with Gasteiger partial charge in [-0.15, -0.1) is 0 Å². The fourth-order valence-electron chi connectivity index (χ4n) is 7.19. The Morgan fingerprint density at radius 3 is 2.34 bits per heavy atom. The standard InChI is InChI=1S/C23H30ClN3O4S/c1-13-17(24)4-2-5-18(13)27(32(30)31)23(6-3-7-23)21(29)26-19-15-8-14-9-16(19)12-22(10-14,11-15)20(25)28/h2,4-5,14-16,19,32H,3,6-12H2,1H3,(H2,25,28)(H,26,29). The molecule has 5 saturated carbocycles. The van der Waals surface area contributed by atoms with Crippen LogP contribution in [0.25, 0.3) is 0 Å². The second-order valence-electron chi connectivity index (χ2n) is 10.4. The van der Waals surface area contributed by atoms with Crippen LogP contribution in [0, 0.1) is 30.1 Å². The SMILES string of the molecule is Cc1c(Cl)cccc1N([SH](=O)=O)C1(C(=O)NC2C3CC4CC2CC(C(N)=O)(C4)C3)CCC1. The lowest BCUT2D eigenvalue weighted by Crippen LogP contribution is -2.68. The molecule has 3 N–H and O–H groups in total. The van der Waals surface area contributed by atoms with Crippen molar-refractivity contribution < 1.29 is 18.0 Å². The number of thiol groups is 1. The molecule has 0 saturated heterocycles. The number of carbonyl (C=O) groups excluding carboxylic acids is 2. The molecule has 2 unspecified atom stereocenters. The van der Waals surface area contributed by atoms with E-state index in [0.717, 1.165) is 38.5 Å². The van der Waals surface area contributed by atoms with Crippen molar-refractivity contribution >= 4 is 40.0 Å². The summed E-state index contributed by atoms with van der Waals surface area (Å²) in [5.74, 6) is 0.498. The molecule has 2 atom stereocenters. The number of benzene rings is 1. The Morgan fingerprint density at radius 2 is 1.81 bits per heavy atom. The van der Waals surface area contributed by atoms with Crippen LogP contribution in [-0.4, -0.2) is 31.8 Å². The van der Waals surface area contributed by atoms with E-state index in [1.54, 1.807) is 25.1 Å². The first kappa shape index (κ1) is 22.0. The van der Waals surface area contributed by atoms with Gasteiger partial charge in [0, 0.05) is 16.5 Å². The number of halogens is 1. The fourth-order valence-corrected chi connectivity index (χ4v) is 8.36. The van der Waals surface area contributed by atoms with E-state index in [9.17, 15) is 18.0 Å². The summed E-state index contributed by atoms with van der Waals surface area (Å²) in [6.07, 6.45) is 6.05. The maximum Gasteiger partial charge on any atom is 0.247 e. The smallest absolute Gasteiger partial charge is 0.247 e. The first-order valence-corrected chi connectivity index (χ1v) is 13.0. The number of carbonyl (C=O) groups is 2. The van der Waals surface area contributed by atoms with Crippen LogP contribution in [0.1, 0.15) is 56.9 Å². The van der Waals surface area contributed by atoms with Gasteiger partial charge in [-0.2, -0.15) is 0 Å². The van der Waals surface area contributed by atoms with Crippen LogP contribution in [0.4, 0.5) is 5.69 Å². The molecule has 9 heteroatoms. The van der Waals surface area contributed by atoms with Gasteiger partial charge in [-0.25, -0.2) is 8.42 Å². The van der Waals surface area contributed by atoms with Crippen molar-refractivity contribution in [2.75, 3.05) is 4.31 Å². The maximum absolute atomic E-state index is 13.7. The molecule has 0 spiro atoms. The third kappa shape index (κ3) is 3.16. The summed E-state index contributed by atoms with van der Waals surface area (Å²) in [6.45, 7) is 1.77. The van der Waals surface area contributed by atoms with Crippen LogP contribution < -0.4 is 15.4 Å². The van der Waals surface area contributed by atoms with E-state index in [1.807, 2.05) is 0 Å². The summed E-state index contributed by atoms with van der Waals surface area (Å²) in [5.41, 5.74) is 5.35. The molecule has 5 aliphatic carbocycles. The fraction of sp³-hybridized carbons (Fsp3) is 0.652. The summed E-state index contributed by atoms with van der Waals surface area (Å²) >= 11 is 6.27. The van der Waals surface area contributed by atoms with Crippen LogP contribution in [0.5, 0.6) is 0 Å². The van der Waals surface area contributed by atoms with Gasteiger partial charge in [-0.1, -0.05) is 17.7 Å². The van der Waals surface area contributed by atoms with E-state index in [-0.39, 0.29) is 29.7 Å². The Kier molecular flexibility index (Phi) is 5.24. The van der Waals surface area contributed by atoms with Gasteiger partial charge in [0.1, 0.15) is 5.54 Å². The monoisotopic (exact) mass is 479 g/mol. The molecule has 5 aliphatic rings. The Morgan fingerprint density at radius 1 is 1.16 bits per heavy atom. The maximum atomic E-state index is 13.7. The molecule has 1 aromatic rings. The van der Waals surface area contributed by atoms with Crippen molar-refractivity contribution in [1.82, 2.24) is 5.32 Å². The van der Waals surface area contributed by atoms with Crippen LogP contribution >= 0.6 is 11.6 Å². The first-order valence-electron chi connectivity index (χ1n) is 11.5. The number of hydrogen-bond acceptors (Lipinski definition) is 4. The first-order chi connectivity index (χ1) is 15.2. The number of nitrogens with two attached hydrogens (primary N) is 1. The average molecular weight is 480 g/mol. The zero-order valence-electron chi connectivity index (χ0n) is 18.2. The number of amides is 2. The summed E-state index contributed by atoms with van der Waals surface area (Å²) in [6, 6.07) is 5.10. The minimum Gasteiger partial charge on any atom is -0.369 e. The van der Waals surface area contributed by atoms with E-state index in [4.69, 9.17) is 17.3 Å². The molecule has 1 aromatic carbocycles. The van der Waals surface area contributed by atoms with Crippen LogP contribution in [0.15, 0.2) is 18.2 Å². The molecule has 4 bridgehead atoms. The molecule has 0 aliphatic heterocycles. The van der Waals surface area contributed by atoms with E-state index < -0.39 is 21.8 Å². The van der Waals surface area contributed by atoms with Crippen molar-refractivity contribution in [3.63, 3.8) is 0 Å². The minimum atomic E-state index is -3.04. The Hall–Kier alpha value is -1.80. The average Bonchev–Trinajstić information content (AvgIpc) is 2.69. The second-order valence-corrected chi connectivity index (χ2v) is 11.7. The highest BCUT2D eigenvalue weighted by atomic mass is 35.5. The molecule has 0 radical (unpaired) electrons. The number of hydrogen-bond donors (Lipinski definition) is 3. The van der Waals surface area contributed by atoms with Crippen molar-refractivity contribution in [2.24, 2.45) is 28.9 Å². The van der Waals surface area contributed by atoms with Crippen molar-refractivity contribution in [2.45, 2.75) is 69.9 Å². The highest BCUT2D eigenvalue weighted by Crippen LogP contribution is 2.60. The Bertz CT molecular complexity index is 1030. The van der Waals surface area contributed by atoms with E-state index in [1.165, 1.54) is 4.31 Å². The van der Waals surface area contributed by atoms with Gasteiger partial charge in [0.15, 0.2) is 0 Å². The lowest BCUT2D eigenvalue weighted by atomic mass is 9.47. The van der Waals surface area contributed by atoms with Crippen molar-refractivity contribution in [3.05, 3.63) is 28.8 Å². The number of anilines is 1. The van der Waals surface area contributed by atoms with Gasteiger partial charge >= 0.3 is 0 Å². The van der Waals surface area contributed by atoms with E-state index in [0.29, 0.717) is 35.0 Å². The zero-order chi connectivity index (χ0) is 22.8. The highest BCUT2D eigenvalue weighted by Gasteiger charge is 2.59. The molecule has 174 valence electrons. The summed E-state index contributed by atoms with van der Waals surface area (Å²) in [5, 5.41) is 3.74. The van der Waals surface area contributed by atoms with Gasteiger partial charge in [0.05, 0.1) is 5.69 Å². The summed E-state index contributed by atoms with van der Waals surface area (Å²) in [7, 11) is -3.04. The topological polar surface area (TPSA) is 110 Å². The molecule has 7 nitrogen and oxygen atoms in total. The second kappa shape index (κ2) is 7.62. The largest absolute Gasteiger partial charge is 0.369 e. The number of nitrogens with one attached hydrogen (secondary N) is 1. The van der Waals surface area contributed by atoms with Gasteiger partial charge in [-0.05, 0) is 93.7 Å². The third-order valence-electron chi connectivity index (χ3n) is 8.73. The zero-order valence-corrected chi connectivity index (χ0v) is 19.8. The molecule has 32 heavy (non-hydrogen) atoms. The van der Waals surface area contributed by atoms with Crippen molar-refractivity contribution in [1.29, 1.82) is 0 Å². The minimum absolute atomic E-state index is 0.0316. The molecule has 0 aromatic heterocycles. The number of rotatable bonds is 6. The molecule has 5 fully saturated rings. The van der Waals surface area contributed by atoms with Crippen LogP contribution in [-0.2, 0) is 20.5 Å². The van der Waals surface area contributed by atoms with Crippen LogP contribution in [0.2, 0.25) is 5.02 Å². The molecular formula is C23H30ClN3O4S. The Balaban J connectivity index is 1.43. The van der Waals surface area contributed by atoms with Gasteiger partial charge < -0.3 is 11.1 Å². The van der Waals surface area contributed by atoms with Gasteiger partial charge in [-0.3, -0.25) is 13.9 Å². The molecular weight excluding hydrogens is 450 g/mol. The number of primary amides is 1. The predicted molar refractivity (Wildman–Crippen MR) is 123 cm³/mol. The molecule has 6 rings (SSSR count). The summed E-state index contributed by atoms with van der Waals surface area (Å²) < 4.78 is 26.2. The third-order valence-corrected chi connectivity index (χ3v) is 10.1. The van der Waals surface area contributed by atoms with Crippen LogP contribution in [0.3, 0.4) is 0 Å². The molecule has 0 heterocycles. The lowest BCUT2D eigenvalue weighted by Gasteiger charge is -2.59. The highest BCUT2D eigenvalue weighted by molar-refractivity contribution is 7.74. The van der Waals surface area contributed by atoms with Crippen molar-refractivity contribution in [3.8, 4) is 0 Å². The summed E-state index contributed by atoms with van der Waals surface area (Å²) in [4.78, 5) is 26.0. The molecule has 2 amide bonds. The van der Waals surface area contributed by atoms with E-state index >= 15 is 0 Å². The normalized spacial score (nSPS) is 34.2.